The van der Waals surface area contributed by atoms with E-state index < -0.39 is 6.04 Å². The zero-order valence-electron chi connectivity index (χ0n) is 21.2. The quantitative estimate of drug-likeness (QED) is 0.386. The van der Waals surface area contributed by atoms with Crippen LogP contribution in [-0.4, -0.2) is 42.5 Å². The maximum absolute atomic E-state index is 13.5. The fourth-order valence-corrected chi connectivity index (χ4v) is 4.98. The Balaban J connectivity index is 1.78. The van der Waals surface area contributed by atoms with Crippen LogP contribution in [0, 0.1) is 0 Å². The summed E-state index contributed by atoms with van der Waals surface area (Å²) in [5.41, 5.74) is 2.08. The van der Waals surface area contributed by atoms with Crippen LogP contribution >= 0.6 is 15.9 Å². The Morgan fingerprint density at radius 3 is 2.51 bits per heavy atom. The molecule has 0 radical (unpaired) electrons. The first-order valence-electron chi connectivity index (χ1n) is 12.5. The van der Waals surface area contributed by atoms with Gasteiger partial charge in [-0.1, -0.05) is 51.8 Å². The van der Waals surface area contributed by atoms with Gasteiger partial charge in [0.15, 0.2) is 6.61 Å². The summed E-state index contributed by atoms with van der Waals surface area (Å²) in [6.07, 6.45) is 4.77. The second-order valence-electron chi connectivity index (χ2n) is 9.42. The molecule has 190 valence electrons. The lowest BCUT2D eigenvalue weighted by Crippen LogP contribution is -2.52. The third-order valence-corrected chi connectivity index (χ3v) is 7.17. The standard InChI is InChI=1S/C28H37BrN2O4/c1-5-25(28(33)30-22-10-6-7-11-22)31(17-20-9-8-12-23(15-20)34-4)27(32)18-35-26-14-13-21(19(2)3)16-24(26)29/h8-9,12-16,19,22,25H,5-7,10-11,17-18H2,1-4H3,(H,30,33)/t25-/m0/s1. The first-order chi connectivity index (χ1) is 16.8. The monoisotopic (exact) mass is 544 g/mol. The Kier molecular flexibility index (Phi) is 10.0. The molecule has 1 saturated carbocycles. The van der Waals surface area contributed by atoms with E-state index in [0.717, 1.165) is 35.7 Å². The lowest BCUT2D eigenvalue weighted by molar-refractivity contribution is -0.143. The van der Waals surface area contributed by atoms with Gasteiger partial charge < -0.3 is 19.7 Å². The average Bonchev–Trinajstić information content (AvgIpc) is 3.36. The van der Waals surface area contributed by atoms with Crippen LogP contribution in [0.2, 0.25) is 0 Å². The van der Waals surface area contributed by atoms with Gasteiger partial charge in [-0.25, -0.2) is 0 Å². The van der Waals surface area contributed by atoms with Crippen molar-refractivity contribution in [3.05, 3.63) is 58.1 Å². The minimum atomic E-state index is -0.579. The largest absolute Gasteiger partial charge is 0.497 e. The van der Waals surface area contributed by atoms with Gasteiger partial charge in [0.05, 0.1) is 11.6 Å². The van der Waals surface area contributed by atoms with Crippen LogP contribution in [0.15, 0.2) is 46.9 Å². The maximum Gasteiger partial charge on any atom is 0.261 e. The molecule has 2 aromatic rings. The molecule has 1 aliphatic carbocycles. The molecular weight excluding hydrogens is 508 g/mol. The third kappa shape index (κ3) is 7.47. The number of halogens is 1. The molecule has 3 rings (SSSR count). The summed E-state index contributed by atoms with van der Waals surface area (Å²) >= 11 is 3.56. The SMILES string of the molecule is CC[C@@H](C(=O)NC1CCCC1)N(Cc1cccc(OC)c1)C(=O)COc1ccc(C(C)C)cc1Br. The van der Waals surface area contributed by atoms with Gasteiger partial charge in [-0.15, -0.1) is 0 Å². The number of nitrogens with zero attached hydrogens (tertiary/aromatic N) is 1. The second-order valence-corrected chi connectivity index (χ2v) is 10.3. The Labute approximate surface area is 217 Å². The highest BCUT2D eigenvalue weighted by molar-refractivity contribution is 9.10. The number of rotatable bonds is 11. The van der Waals surface area contributed by atoms with E-state index in [1.165, 1.54) is 5.56 Å². The topological polar surface area (TPSA) is 67.9 Å². The third-order valence-electron chi connectivity index (χ3n) is 6.55. The number of hydrogen-bond donors (Lipinski definition) is 1. The van der Waals surface area contributed by atoms with Crippen molar-refractivity contribution >= 4 is 27.7 Å². The van der Waals surface area contributed by atoms with Crippen molar-refractivity contribution in [3.63, 3.8) is 0 Å². The molecule has 1 aliphatic rings. The highest BCUT2D eigenvalue weighted by atomic mass is 79.9. The first kappa shape index (κ1) is 27.1. The summed E-state index contributed by atoms with van der Waals surface area (Å²) < 4.78 is 12.1. The van der Waals surface area contributed by atoms with Crippen molar-refractivity contribution in [2.45, 2.75) is 77.4 Å². The molecule has 7 heteroatoms. The molecule has 0 bridgehead atoms. The molecule has 0 aromatic heterocycles. The number of carbonyl (C=O) groups excluding carboxylic acids is 2. The lowest BCUT2D eigenvalue weighted by Gasteiger charge is -2.31. The number of benzene rings is 2. The summed E-state index contributed by atoms with van der Waals surface area (Å²) in [6, 6.07) is 13.1. The van der Waals surface area contributed by atoms with E-state index in [1.54, 1.807) is 12.0 Å². The zero-order valence-corrected chi connectivity index (χ0v) is 22.8. The van der Waals surface area contributed by atoms with Crippen LogP contribution in [0.1, 0.15) is 69.9 Å². The predicted molar refractivity (Wildman–Crippen MR) is 142 cm³/mol. The highest BCUT2D eigenvalue weighted by Crippen LogP contribution is 2.29. The van der Waals surface area contributed by atoms with Gasteiger partial charge >= 0.3 is 0 Å². The number of carbonyl (C=O) groups is 2. The van der Waals surface area contributed by atoms with Crippen LogP contribution in [0.5, 0.6) is 11.5 Å². The van der Waals surface area contributed by atoms with Crippen LogP contribution in [0.25, 0.3) is 0 Å². The molecule has 0 unspecified atom stereocenters. The van der Waals surface area contributed by atoms with E-state index in [4.69, 9.17) is 9.47 Å². The zero-order chi connectivity index (χ0) is 25.4. The van der Waals surface area contributed by atoms with Crippen molar-refractivity contribution in [3.8, 4) is 11.5 Å². The van der Waals surface area contributed by atoms with Crippen molar-refractivity contribution in [2.75, 3.05) is 13.7 Å². The number of hydrogen-bond acceptors (Lipinski definition) is 4. The Bertz CT molecular complexity index is 1000. The van der Waals surface area contributed by atoms with Gasteiger partial charge in [-0.3, -0.25) is 9.59 Å². The summed E-state index contributed by atoms with van der Waals surface area (Å²) in [5, 5.41) is 3.17. The maximum atomic E-state index is 13.5. The van der Waals surface area contributed by atoms with Gasteiger partial charge in [0.2, 0.25) is 5.91 Å². The highest BCUT2D eigenvalue weighted by Gasteiger charge is 2.31. The molecule has 1 N–H and O–H groups in total. The second kappa shape index (κ2) is 13.0. The van der Waals surface area contributed by atoms with E-state index in [0.29, 0.717) is 30.4 Å². The fourth-order valence-electron chi connectivity index (χ4n) is 4.47. The molecule has 2 aromatic carbocycles. The van der Waals surface area contributed by atoms with Gasteiger partial charge in [-0.05, 0) is 76.5 Å². The van der Waals surface area contributed by atoms with Gasteiger partial charge in [0.1, 0.15) is 17.5 Å². The normalized spacial score (nSPS) is 14.6. The summed E-state index contributed by atoms with van der Waals surface area (Å²) in [7, 11) is 1.61. The molecule has 0 spiro atoms. The number of nitrogens with one attached hydrogen (secondary N) is 1. The van der Waals surface area contributed by atoms with Crippen molar-refractivity contribution in [1.29, 1.82) is 0 Å². The number of amides is 2. The summed E-state index contributed by atoms with van der Waals surface area (Å²) in [6.45, 7) is 6.33. The molecule has 2 amide bonds. The van der Waals surface area contributed by atoms with Gasteiger partial charge in [-0.2, -0.15) is 0 Å². The van der Waals surface area contributed by atoms with E-state index in [2.05, 4.69) is 35.1 Å². The number of ether oxygens (including phenoxy) is 2. The molecule has 6 nitrogen and oxygen atoms in total. The number of methoxy groups -OCH3 is 1. The molecule has 1 fully saturated rings. The van der Waals surface area contributed by atoms with Crippen molar-refractivity contribution in [1.82, 2.24) is 10.2 Å². The molecule has 1 atom stereocenters. The van der Waals surface area contributed by atoms with E-state index in [1.807, 2.05) is 49.4 Å². The molecule has 35 heavy (non-hydrogen) atoms. The minimum absolute atomic E-state index is 0.0990. The fraction of sp³-hybridized carbons (Fsp3) is 0.500. The van der Waals surface area contributed by atoms with Crippen LogP contribution in [0.3, 0.4) is 0 Å². The predicted octanol–water partition coefficient (Wildman–Crippen LogP) is 5.83. The van der Waals surface area contributed by atoms with Crippen molar-refractivity contribution < 1.29 is 19.1 Å². The summed E-state index contributed by atoms with van der Waals surface area (Å²) in [5.74, 6) is 1.37. The van der Waals surface area contributed by atoms with Crippen LogP contribution in [-0.2, 0) is 16.1 Å². The Morgan fingerprint density at radius 1 is 1.14 bits per heavy atom. The molecule has 0 heterocycles. The smallest absolute Gasteiger partial charge is 0.261 e. The minimum Gasteiger partial charge on any atom is -0.497 e. The Morgan fingerprint density at radius 2 is 1.89 bits per heavy atom. The van der Waals surface area contributed by atoms with E-state index in [-0.39, 0.29) is 24.5 Å². The van der Waals surface area contributed by atoms with Crippen LogP contribution in [0.4, 0.5) is 0 Å². The molecular formula is C28H37BrN2O4. The van der Waals surface area contributed by atoms with E-state index >= 15 is 0 Å². The molecule has 0 aliphatic heterocycles. The van der Waals surface area contributed by atoms with Gasteiger partial charge in [0.25, 0.3) is 5.91 Å². The van der Waals surface area contributed by atoms with Crippen LogP contribution < -0.4 is 14.8 Å². The average molecular weight is 546 g/mol. The lowest BCUT2D eigenvalue weighted by atomic mass is 10.0. The van der Waals surface area contributed by atoms with E-state index in [9.17, 15) is 9.59 Å². The van der Waals surface area contributed by atoms with Gasteiger partial charge in [0, 0.05) is 12.6 Å². The summed E-state index contributed by atoms with van der Waals surface area (Å²) in [4.78, 5) is 28.4. The first-order valence-corrected chi connectivity index (χ1v) is 13.3. The van der Waals surface area contributed by atoms with Crippen molar-refractivity contribution in [2.24, 2.45) is 0 Å². The molecule has 0 saturated heterocycles. The Hall–Kier alpha value is -2.54.